The SMILES string of the molecule is CC(C)CC(NC(=O)C(Cc1c[nH]c2ccccc12)NC(=O)C(CC(C)C)NC(=O)CN)C(=O)O. The van der Waals surface area contributed by atoms with Gasteiger partial charge in [0.25, 0.3) is 0 Å². The van der Waals surface area contributed by atoms with Gasteiger partial charge in [0, 0.05) is 23.5 Å². The minimum absolute atomic E-state index is 0.0416. The van der Waals surface area contributed by atoms with Gasteiger partial charge < -0.3 is 31.8 Å². The molecule has 0 bridgehead atoms. The molecule has 7 N–H and O–H groups in total. The minimum atomic E-state index is -1.14. The molecular weight excluding hydrogens is 450 g/mol. The zero-order valence-electron chi connectivity index (χ0n) is 20.8. The van der Waals surface area contributed by atoms with E-state index in [0.29, 0.717) is 6.42 Å². The van der Waals surface area contributed by atoms with Gasteiger partial charge >= 0.3 is 5.97 Å². The van der Waals surface area contributed by atoms with Gasteiger partial charge in [-0.05, 0) is 36.3 Å². The molecular formula is C25H37N5O5. The van der Waals surface area contributed by atoms with E-state index in [1.54, 1.807) is 6.20 Å². The lowest BCUT2D eigenvalue weighted by Gasteiger charge is -2.25. The Kier molecular flexibility index (Phi) is 10.3. The number of aromatic nitrogens is 1. The number of aromatic amines is 1. The first kappa shape index (κ1) is 27.8. The van der Waals surface area contributed by atoms with Crippen LogP contribution in [-0.2, 0) is 25.6 Å². The summed E-state index contributed by atoms with van der Waals surface area (Å²) in [5.41, 5.74) is 7.07. The second-order valence-electron chi connectivity index (χ2n) is 9.61. The lowest BCUT2D eigenvalue weighted by atomic mass is 9.99. The maximum absolute atomic E-state index is 13.3. The van der Waals surface area contributed by atoms with Crippen LogP contribution >= 0.6 is 0 Å². The molecule has 0 radical (unpaired) electrons. The van der Waals surface area contributed by atoms with Crippen molar-refractivity contribution in [2.75, 3.05) is 6.54 Å². The van der Waals surface area contributed by atoms with E-state index in [1.165, 1.54) is 0 Å². The number of carbonyl (C=O) groups excluding carboxylic acids is 3. The van der Waals surface area contributed by atoms with Gasteiger partial charge in [-0.15, -0.1) is 0 Å². The molecule has 0 saturated carbocycles. The van der Waals surface area contributed by atoms with E-state index in [9.17, 15) is 24.3 Å². The van der Waals surface area contributed by atoms with Gasteiger partial charge in [-0.2, -0.15) is 0 Å². The highest BCUT2D eigenvalue weighted by molar-refractivity contribution is 5.94. The molecule has 2 aromatic rings. The molecule has 3 atom stereocenters. The van der Waals surface area contributed by atoms with Crippen molar-refractivity contribution in [1.82, 2.24) is 20.9 Å². The minimum Gasteiger partial charge on any atom is -0.480 e. The Hall–Kier alpha value is -3.40. The van der Waals surface area contributed by atoms with Crippen LogP contribution in [0.1, 0.15) is 46.1 Å². The van der Waals surface area contributed by atoms with Crippen molar-refractivity contribution >= 4 is 34.6 Å². The zero-order chi connectivity index (χ0) is 26.1. The quantitative estimate of drug-likeness (QED) is 0.249. The fourth-order valence-electron chi connectivity index (χ4n) is 3.92. The van der Waals surface area contributed by atoms with Crippen molar-refractivity contribution in [3.05, 3.63) is 36.0 Å². The van der Waals surface area contributed by atoms with Crippen LogP contribution in [0.2, 0.25) is 0 Å². The number of para-hydroxylation sites is 1. The number of carboxylic acid groups (broad SMARTS) is 1. The number of hydrogen-bond acceptors (Lipinski definition) is 5. The van der Waals surface area contributed by atoms with Crippen molar-refractivity contribution in [2.45, 2.75) is 65.1 Å². The number of rotatable bonds is 13. The Labute approximate surface area is 205 Å². The van der Waals surface area contributed by atoms with Crippen LogP contribution in [0.3, 0.4) is 0 Å². The third kappa shape index (κ3) is 8.40. The summed E-state index contributed by atoms with van der Waals surface area (Å²) in [6.07, 6.45) is 2.50. The molecule has 35 heavy (non-hydrogen) atoms. The van der Waals surface area contributed by atoms with Crippen LogP contribution in [0.25, 0.3) is 10.9 Å². The molecule has 3 amide bonds. The van der Waals surface area contributed by atoms with Gasteiger partial charge in [0.05, 0.1) is 6.54 Å². The lowest BCUT2D eigenvalue weighted by molar-refractivity contribution is -0.142. The molecule has 1 aromatic carbocycles. The van der Waals surface area contributed by atoms with Crippen LogP contribution in [0.5, 0.6) is 0 Å². The van der Waals surface area contributed by atoms with Gasteiger partial charge in [0.15, 0.2) is 0 Å². The summed E-state index contributed by atoms with van der Waals surface area (Å²) in [5, 5.41) is 18.4. The summed E-state index contributed by atoms with van der Waals surface area (Å²) in [6, 6.07) is 4.53. The average Bonchev–Trinajstić information content (AvgIpc) is 3.19. The smallest absolute Gasteiger partial charge is 0.326 e. The third-order valence-corrected chi connectivity index (χ3v) is 5.60. The largest absolute Gasteiger partial charge is 0.480 e. The maximum Gasteiger partial charge on any atom is 0.326 e. The Morgan fingerprint density at radius 2 is 1.46 bits per heavy atom. The molecule has 3 unspecified atom stereocenters. The van der Waals surface area contributed by atoms with Crippen molar-refractivity contribution in [3.63, 3.8) is 0 Å². The number of carboxylic acids is 1. The zero-order valence-corrected chi connectivity index (χ0v) is 20.8. The number of benzene rings is 1. The van der Waals surface area contributed by atoms with E-state index in [2.05, 4.69) is 20.9 Å². The lowest BCUT2D eigenvalue weighted by Crippen LogP contribution is -2.57. The normalized spacial score (nSPS) is 13.9. The van der Waals surface area contributed by atoms with E-state index in [1.807, 2.05) is 52.0 Å². The van der Waals surface area contributed by atoms with E-state index in [0.717, 1.165) is 16.5 Å². The molecule has 1 aromatic heterocycles. The Bertz CT molecular complexity index is 1030. The van der Waals surface area contributed by atoms with Gasteiger partial charge in [0.1, 0.15) is 18.1 Å². The number of aliphatic carboxylic acids is 1. The van der Waals surface area contributed by atoms with Crippen molar-refractivity contribution in [1.29, 1.82) is 0 Å². The molecule has 1 heterocycles. The molecule has 0 aliphatic rings. The van der Waals surface area contributed by atoms with E-state index >= 15 is 0 Å². The Morgan fingerprint density at radius 3 is 2.06 bits per heavy atom. The summed E-state index contributed by atoms with van der Waals surface area (Å²) in [6.45, 7) is 7.28. The first-order chi connectivity index (χ1) is 16.5. The van der Waals surface area contributed by atoms with Gasteiger partial charge in [-0.1, -0.05) is 45.9 Å². The average molecular weight is 488 g/mol. The topological polar surface area (TPSA) is 166 Å². The van der Waals surface area contributed by atoms with Gasteiger partial charge in [0.2, 0.25) is 17.7 Å². The van der Waals surface area contributed by atoms with Gasteiger partial charge in [-0.3, -0.25) is 14.4 Å². The maximum atomic E-state index is 13.3. The predicted octanol–water partition coefficient (Wildman–Crippen LogP) is 1.30. The fraction of sp³-hybridized carbons (Fsp3) is 0.520. The standard InChI is InChI=1S/C25H37N5O5/c1-14(2)9-19(28-22(31)12-26)23(32)29-20(24(33)30-21(25(34)35)10-15(3)4)11-16-13-27-18-8-6-5-7-17(16)18/h5-8,13-15,19-21,27H,9-12,26H2,1-4H3,(H,28,31)(H,29,32)(H,30,33)(H,34,35). The van der Waals surface area contributed by atoms with Crippen molar-refractivity contribution in [3.8, 4) is 0 Å². The van der Waals surface area contributed by atoms with Crippen molar-refractivity contribution < 1.29 is 24.3 Å². The molecule has 0 aliphatic heterocycles. The second-order valence-corrected chi connectivity index (χ2v) is 9.61. The number of H-pyrrole nitrogens is 1. The first-order valence-corrected chi connectivity index (χ1v) is 11.9. The van der Waals surface area contributed by atoms with Gasteiger partial charge in [-0.25, -0.2) is 4.79 Å². The van der Waals surface area contributed by atoms with Crippen LogP contribution in [0.15, 0.2) is 30.5 Å². The molecule has 0 spiro atoms. The van der Waals surface area contributed by atoms with E-state index in [4.69, 9.17) is 5.73 Å². The predicted molar refractivity (Wildman–Crippen MR) is 133 cm³/mol. The monoisotopic (exact) mass is 487 g/mol. The van der Waals surface area contributed by atoms with Crippen LogP contribution < -0.4 is 21.7 Å². The highest BCUT2D eigenvalue weighted by atomic mass is 16.4. The second kappa shape index (κ2) is 12.9. The molecule has 192 valence electrons. The van der Waals surface area contributed by atoms with Crippen LogP contribution in [-0.4, -0.2) is 58.5 Å². The summed E-state index contributed by atoms with van der Waals surface area (Å²) in [4.78, 5) is 53.2. The highest BCUT2D eigenvalue weighted by Crippen LogP contribution is 2.19. The van der Waals surface area contributed by atoms with Crippen LogP contribution in [0.4, 0.5) is 0 Å². The highest BCUT2D eigenvalue weighted by Gasteiger charge is 2.30. The number of nitrogens with two attached hydrogens (primary N) is 1. The van der Waals surface area contributed by atoms with Crippen molar-refractivity contribution in [2.24, 2.45) is 17.6 Å². The first-order valence-electron chi connectivity index (χ1n) is 11.9. The molecule has 0 fully saturated rings. The summed E-state index contributed by atoms with van der Waals surface area (Å²) in [5.74, 6) is -2.63. The third-order valence-electron chi connectivity index (χ3n) is 5.60. The molecule has 10 nitrogen and oxygen atoms in total. The Balaban J connectivity index is 2.32. The number of nitrogens with one attached hydrogen (secondary N) is 4. The summed E-state index contributed by atoms with van der Waals surface area (Å²) >= 11 is 0. The number of fused-ring (bicyclic) bond motifs is 1. The fourth-order valence-corrected chi connectivity index (χ4v) is 3.92. The van der Waals surface area contributed by atoms with E-state index < -0.39 is 41.8 Å². The molecule has 2 rings (SSSR count). The van der Waals surface area contributed by atoms with Crippen LogP contribution in [0, 0.1) is 11.8 Å². The molecule has 0 aliphatic carbocycles. The summed E-state index contributed by atoms with van der Waals surface area (Å²) < 4.78 is 0. The summed E-state index contributed by atoms with van der Waals surface area (Å²) in [7, 11) is 0. The molecule has 10 heteroatoms. The number of carbonyl (C=O) groups is 4. The van der Waals surface area contributed by atoms with E-state index in [-0.39, 0.29) is 31.2 Å². The molecule has 0 saturated heterocycles. The Morgan fingerprint density at radius 1 is 0.886 bits per heavy atom. The number of amides is 3. The number of hydrogen-bond donors (Lipinski definition) is 6.